The summed E-state index contributed by atoms with van der Waals surface area (Å²) in [5.41, 5.74) is 6.37. The van der Waals surface area contributed by atoms with Gasteiger partial charge in [0.1, 0.15) is 18.6 Å². The summed E-state index contributed by atoms with van der Waals surface area (Å²) in [6.45, 7) is 5.96. The zero-order valence-corrected chi connectivity index (χ0v) is 11.2. The Labute approximate surface area is 116 Å². The van der Waals surface area contributed by atoms with Crippen LogP contribution in [0.25, 0.3) is 0 Å². The van der Waals surface area contributed by atoms with E-state index < -0.39 is 0 Å². The second-order valence-corrected chi connectivity index (χ2v) is 3.29. The fraction of sp³-hybridized carbons (Fsp3) is 0.533. The van der Waals surface area contributed by atoms with Gasteiger partial charge < -0.3 is 20.0 Å². The van der Waals surface area contributed by atoms with Gasteiger partial charge in [0.2, 0.25) is 0 Å². The molecule has 0 saturated heterocycles. The molecule has 1 rings (SSSR count). The Bertz CT molecular complexity index is 316. The van der Waals surface area contributed by atoms with Gasteiger partial charge in [-0.3, -0.25) is 0 Å². The molecule has 0 atom stereocenters. The molecule has 0 bridgehead atoms. The van der Waals surface area contributed by atoms with Gasteiger partial charge in [0.15, 0.2) is 0 Å². The Hall–Kier alpha value is -1.39. The number of hydrogen-bond acceptors (Lipinski definition) is 4. The minimum Gasteiger partial charge on any atom is -0.492 e. The van der Waals surface area contributed by atoms with E-state index in [4.69, 9.17) is 15.2 Å². The third-order valence-corrected chi connectivity index (χ3v) is 1.93. The van der Waals surface area contributed by atoms with Crippen LogP contribution in [0.1, 0.15) is 33.3 Å². The number of benzene rings is 1. The summed E-state index contributed by atoms with van der Waals surface area (Å²) in [6, 6.07) is 7.65. The number of nitrogens with two attached hydrogens (primary N) is 1. The molecular formula is C15H27NO3. The Morgan fingerprint density at radius 1 is 1.26 bits per heavy atom. The minimum absolute atomic E-state index is 0. The van der Waals surface area contributed by atoms with Crippen molar-refractivity contribution < 1.29 is 14.3 Å². The normalized spacial score (nSPS) is 8.79. The van der Waals surface area contributed by atoms with Crippen molar-refractivity contribution in [3.05, 3.63) is 29.8 Å². The highest BCUT2D eigenvalue weighted by Crippen LogP contribution is 2.13. The maximum Gasteiger partial charge on any atom is 0.122 e. The summed E-state index contributed by atoms with van der Waals surface area (Å²) in [5.74, 6) is 0.793. The molecule has 110 valence electrons. The van der Waals surface area contributed by atoms with E-state index in [1.165, 1.54) is 0 Å². The van der Waals surface area contributed by atoms with Gasteiger partial charge in [0.25, 0.3) is 0 Å². The van der Waals surface area contributed by atoms with E-state index in [1.54, 1.807) is 0 Å². The Morgan fingerprint density at radius 3 is 2.63 bits per heavy atom. The van der Waals surface area contributed by atoms with Crippen LogP contribution in [0.5, 0.6) is 5.75 Å². The van der Waals surface area contributed by atoms with Crippen LogP contribution in [0.3, 0.4) is 0 Å². The van der Waals surface area contributed by atoms with Crippen molar-refractivity contribution in [1.29, 1.82) is 0 Å². The third-order valence-electron chi connectivity index (χ3n) is 1.93. The number of carbonyl (C=O) groups excluding carboxylic acids is 1. The predicted octanol–water partition coefficient (Wildman–Crippen LogP) is 2.79. The number of ether oxygens (including phenoxy) is 2. The van der Waals surface area contributed by atoms with Crippen molar-refractivity contribution in [1.82, 2.24) is 0 Å². The van der Waals surface area contributed by atoms with Crippen LogP contribution in [-0.4, -0.2) is 26.0 Å². The Morgan fingerprint density at radius 2 is 2.00 bits per heavy atom. The number of hydrogen-bond donors (Lipinski definition) is 1. The molecule has 0 aliphatic carbocycles. The fourth-order valence-corrected chi connectivity index (χ4v) is 1.22. The quantitative estimate of drug-likeness (QED) is 0.582. The second kappa shape index (κ2) is 14.7. The molecule has 0 aliphatic heterocycles. The average molecular weight is 269 g/mol. The third kappa shape index (κ3) is 10.2. The van der Waals surface area contributed by atoms with Crippen molar-refractivity contribution in [2.45, 2.75) is 34.3 Å². The molecule has 19 heavy (non-hydrogen) atoms. The van der Waals surface area contributed by atoms with Crippen LogP contribution in [0.15, 0.2) is 24.3 Å². The SMILES string of the molecule is C.CC.NCCOc1cccc(COCCC=O)c1. The van der Waals surface area contributed by atoms with Gasteiger partial charge in [-0.1, -0.05) is 33.4 Å². The maximum atomic E-state index is 10.1. The van der Waals surface area contributed by atoms with E-state index in [0.29, 0.717) is 32.8 Å². The van der Waals surface area contributed by atoms with E-state index in [0.717, 1.165) is 17.6 Å². The van der Waals surface area contributed by atoms with Crippen LogP contribution in [0.2, 0.25) is 0 Å². The van der Waals surface area contributed by atoms with Crippen molar-refractivity contribution in [2.75, 3.05) is 19.8 Å². The highest BCUT2D eigenvalue weighted by molar-refractivity contribution is 5.49. The van der Waals surface area contributed by atoms with Crippen molar-refractivity contribution >= 4 is 6.29 Å². The zero-order chi connectivity index (χ0) is 13.6. The topological polar surface area (TPSA) is 61.6 Å². The van der Waals surface area contributed by atoms with Gasteiger partial charge in [0.05, 0.1) is 13.2 Å². The molecular weight excluding hydrogens is 242 g/mol. The highest BCUT2D eigenvalue weighted by Gasteiger charge is 1.97. The molecule has 1 aromatic rings. The van der Waals surface area contributed by atoms with Crippen molar-refractivity contribution in [2.24, 2.45) is 5.73 Å². The number of rotatable bonds is 8. The number of aldehydes is 1. The van der Waals surface area contributed by atoms with Gasteiger partial charge in [0, 0.05) is 13.0 Å². The Kier molecular flexibility index (Phi) is 15.4. The smallest absolute Gasteiger partial charge is 0.122 e. The van der Waals surface area contributed by atoms with Crippen molar-refractivity contribution in [3.8, 4) is 5.75 Å². The van der Waals surface area contributed by atoms with Crippen molar-refractivity contribution in [3.63, 3.8) is 0 Å². The summed E-state index contributed by atoms with van der Waals surface area (Å²) in [4.78, 5) is 10.1. The van der Waals surface area contributed by atoms with E-state index in [-0.39, 0.29) is 7.43 Å². The standard InChI is InChI=1S/C12H17NO3.C2H6.CH4/c13-5-8-16-12-4-1-3-11(9-12)10-15-7-2-6-14;1-2;/h1,3-4,6,9H,2,5,7-8,10,13H2;1-2H3;1H4. The van der Waals surface area contributed by atoms with E-state index in [9.17, 15) is 4.79 Å². The Balaban J connectivity index is 0. The molecule has 2 N–H and O–H groups in total. The van der Waals surface area contributed by atoms with E-state index >= 15 is 0 Å². The monoisotopic (exact) mass is 269 g/mol. The van der Waals surface area contributed by atoms with E-state index in [1.807, 2.05) is 38.1 Å². The fourth-order valence-electron chi connectivity index (χ4n) is 1.22. The maximum absolute atomic E-state index is 10.1. The zero-order valence-electron chi connectivity index (χ0n) is 11.2. The first-order chi connectivity index (χ1) is 8.86. The molecule has 0 saturated carbocycles. The largest absolute Gasteiger partial charge is 0.492 e. The molecule has 4 nitrogen and oxygen atoms in total. The first-order valence-corrected chi connectivity index (χ1v) is 6.30. The van der Waals surface area contributed by atoms with Gasteiger partial charge in [-0.2, -0.15) is 0 Å². The molecule has 0 aromatic heterocycles. The molecule has 0 unspecified atom stereocenters. The van der Waals surface area contributed by atoms with Crippen LogP contribution in [-0.2, 0) is 16.1 Å². The lowest BCUT2D eigenvalue weighted by atomic mass is 10.2. The molecule has 0 heterocycles. The molecule has 0 fully saturated rings. The van der Waals surface area contributed by atoms with Crippen LogP contribution < -0.4 is 10.5 Å². The van der Waals surface area contributed by atoms with Gasteiger partial charge >= 0.3 is 0 Å². The van der Waals surface area contributed by atoms with E-state index in [2.05, 4.69) is 0 Å². The molecule has 0 aliphatic rings. The molecule has 0 spiro atoms. The highest BCUT2D eigenvalue weighted by atomic mass is 16.5. The summed E-state index contributed by atoms with van der Waals surface area (Å²) in [5, 5.41) is 0. The first kappa shape index (κ1) is 19.9. The molecule has 1 aromatic carbocycles. The summed E-state index contributed by atoms with van der Waals surface area (Å²) < 4.78 is 10.7. The lowest BCUT2D eigenvalue weighted by Gasteiger charge is -2.07. The molecule has 0 radical (unpaired) electrons. The van der Waals surface area contributed by atoms with Gasteiger partial charge in [-0.05, 0) is 17.7 Å². The van der Waals surface area contributed by atoms with Gasteiger partial charge in [-0.15, -0.1) is 0 Å². The molecule has 4 heteroatoms. The lowest BCUT2D eigenvalue weighted by molar-refractivity contribution is -0.108. The lowest BCUT2D eigenvalue weighted by Crippen LogP contribution is -2.10. The number of carbonyl (C=O) groups is 1. The van der Waals surface area contributed by atoms with Crippen LogP contribution >= 0.6 is 0 Å². The van der Waals surface area contributed by atoms with Crippen LogP contribution in [0.4, 0.5) is 0 Å². The summed E-state index contributed by atoms with van der Waals surface area (Å²) in [7, 11) is 0. The predicted molar refractivity (Wildman–Crippen MR) is 79.4 cm³/mol. The summed E-state index contributed by atoms with van der Waals surface area (Å²) >= 11 is 0. The second-order valence-electron chi connectivity index (χ2n) is 3.29. The minimum atomic E-state index is 0. The molecule has 0 amide bonds. The summed E-state index contributed by atoms with van der Waals surface area (Å²) in [6.07, 6.45) is 1.28. The van der Waals surface area contributed by atoms with Gasteiger partial charge in [-0.25, -0.2) is 0 Å². The first-order valence-electron chi connectivity index (χ1n) is 6.30. The van der Waals surface area contributed by atoms with Crippen LogP contribution in [0, 0.1) is 0 Å². The average Bonchev–Trinajstić information content (AvgIpc) is 2.44.